The highest BCUT2D eigenvalue weighted by atomic mass is 16.7. The molecular formula is C26H42O3. The second kappa shape index (κ2) is 10.8. The molecule has 2 fully saturated rings. The van der Waals surface area contributed by atoms with Gasteiger partial charge in [0.25, 0.3) is 0 Å². The molecule has 1 saturated heterocycles. The first-order valence-electron chi connectivity index (χ1n) is 12.0. The Morgan fingerprint density at radius 1 is 1.00 bits per heavy atom. The van der Waals surface area contributed by atoms with Crippen molar-refractivity contribution in [2.24, 2.45) is 11.3 Å². The van der Waals surface area contributed by atoms with Gasteiger partial charge in [0.05, 0.1) is 12.7 Å². The van der Waals surface area contributed by atoms with E-state index in [1.54, 1.807) is 0 Å². The summed E-state index contributed by atoms with van der Waals surface area (Å²) in [5.41, 5.74) is 1.35. The van der Waals surface area contributed by atoms with Crippen molar-refractivity contribution >= 4 is 0 Å². The maximum absolute atomic E-state index is 6.51. The van der Waals surface area contributed by atoms with Gasteiger partial charge in [0.1, 0.15) is 5.75 Å². The van der Waals surface area contributed by atoms with Crippen molar-refractivity contribution in [2.75, 3.05) is 13.2 Å². The fraction of sp³-hybridized carbons (Fsp3) is 0.769. The molecule has 29 heavy (non-hydrogen) atoms. The maximum atomic E-state index is 6.51. The second-order valence-corrected chi connectivity index (χ2v) is 9.81. The van der Waals surface area contributed by atoms with E-state index < -0.39 is 0 Å². The fourth-order valence-corrected chi connectivity index (χ4v) is 4.81. The van der Waals surface area contributed by atoms with Crippen molar-refractivity contribution in [3.05, 3.63) is 29.8 Å². The van der Waals surface area contributed by atoms with Crippen LogP contribution >= 0.6 is 0 Å². The van der Waals surface area contributed by atoms with Crippen LogP contribution in [0.1, 0.15) is 97.0 Å². The third kappa shape index (κ3) is 6.21. The van der Waals surface area contributed by atoms with Crippen LogP contribution in [0.2, 0.25) is 0 Å². The van der Waals surface area contributed by atoms with Crippen LogP contribution in [-0.4, -0.2) is 25.6 Å². The lowest BCUT2D eigenvalue weighted by Crippen LogP contribution is -2.44. The number of benzene rings is 1. The minimum Gasteiger partial charge on any atom is -0.464 e. The van der Waals surface area contributed by atoms with E-state index in [9.17, 15) is 0 Å². The molecule has 0 spiro atoms. The molecule has 1 aromatic rings. The SMILES string of the molecule is CCC(C)c1ccc(OC(OCC2CCCCO2)C(C)(C)C2CCCCC2)cc1. The Balaban J connectivity index is 1.70. The van der Waals surface area contributed by atoms with Gasteiger partial charge in [-0.15, -0.1) is 0 Å². The van der Waals surface area contributed by atoms with Gasteiger partial charge in [0, 0.05) is 12.0 Å². The summed E-state index contributed by atoms with van der Waals surface area (Å²) in [7, 11) is 0. The van der Waals surface area contributed by atoms with Crippen LogP contribution in [0.15, 0.2) is 24.3 Å². The average Bonchev–Trinajstić information content (AvgIpc) is 2.77. The molecule has 0 bridgehead atoms. The highest BCUT2D eigenvalue weighted by Crippen LogP contribution is 2.42. The standard InChI is InChI=1S/C26H42O3/c1-5-20(2)21-14-16-23(17-15-21)29-25(28-19-24-13-9-10-18-27-24)26(3,4)22-11-7-6-8-12-22/h14-17,20,22,24-25H,5-13,18-19H2,1-4H3. The third-order valence-electron chi connectivity index (χ3n) is 7.28. The molecule has 3 rings (SSSR count). The first kappa shape index (κ1) is 22.6. The fourth-order valence-electron chi connectivity index (χ4n) is 4.81. The van der Waals surface area contributed by atoms with E-state index in [4.69, 9.17) is 14.2 Å². The van der Waals surface area contributed by atoms with Gasteiger partial charge in [-0.3, -0.25) is 0 Å². The lowest BCUT2D eigenvalue weighted by Gasteiger charge is -2.42. The van der Waals surface area contributed by atoms with E-state index in [1.807, 2.05) is 0 Å². The van der Waals surface area contributed by atoms with E-state index in [0.29, 0.717) is 18.4 Å². The molecule has 3 heteroatoms. The maximum Gasteiger partial charge on any atom is 0.205 e. The van der Waals surface area contributed by atoms with E-state index in [1.165, 1.54) is 50.5 Å². The first-order chi connectivity index (χ1) is 14.0. The molecule has 0 aromatic heterocycles. The van der Waals surface area contributed by atoms with E-state index >= 15 is 0 Å². The molecule has 1 aliphatic heterocycles. The molecule has 0 N–H and O–H groups in total. The number of rotatable bonds is 9. The smallest absolute Gasteiger partial charge is 0.205 e. The Morgan fingerprint density at radius 2 is 1.69 bits per heavy atom. The molecule has 1 heterocycles. The molecule has 1 saturated carbocycles. The highest BCUT2D eigenvalue weighted by Gasteiger charge is 2.40. The summed E-state index contributed by atoms with van der Waals surface area (Å²) in [5, 5.41) is 0. The van der Waals surface area contributed by atoms with Crippen LogP contribution in [0.4, 0.5) is 0 Å². The quantitative estimate of drug-likeness (QED) is 0.412. The Kier molecular flexibility index (Phi) is 8.44. The minimum atomic E-state index is -0.245. The van der Waals surface area contributed by atoms with Crippen molar-refractivity contribution < 1.29 is 14.2 Å². The Morgan fingerprint density at radius 3 is 2.31 bits per heavy atom. The summed E-state index contributed by atoms with van der Waals surface area (Å²) in [5.74, 6) is 2.14. The normalized spacial score (nSPS) is 23.5. The summed E-state index contributed by atoms with van der Waals surface area (Å²) in [6.07, 6.45) is 11.2. The molecule has 164 valence electrons. The highest BCUT2D eigenvalue weighted by molar-refractivity contribution is 5.29. The summed E-state index contributed by atoms with van der Waals surface area (Å²) in [6, 6.07) is 8.65. The topological polar surface area (TPSA) is 27.7 Å². The number of hydrogen-bond acceptors (Lipinski definition) is 3. The predicted molar refractivity (Wildman–Crippen MR) is 119 cm³/mol. The Hall–Kier alpha value is -1.06. The lowest BCUT2D eigenvalue weighted by atomic mass is 9.70. The van der Waals surface area contributed by atoms with Crippen molar-refractivity contribution in [2.45, 2.75) is 104 Å². The monoisotopic (exact) mass is 402 g/mol. The van der Waals surface area contributed by atoms with Gasteiger partial charge in [0.15, 0.2) is 0 Å². The molecule has 1 aliphatic carbocycles. The van der Waals surface area contributed by atoms with Crippen LogP contribution < -0.4 is 4.74 Å². The minimum absolute atomic E-state index is 0.0233. The van der Waals surface area contributed by atoms with Crippen LogP contribution in [0, 0.1) is 11.3 Å². The average molecular weight is 403 g/mol. The van der Waals surface area contributed by atoms with Gasteiger partial charge in [-0.1, -0.05) is 59.1 Å². The largest absolute Gasteiger partial charge is 0.464 e. The van der Waals surface area contributed by atoms with Crippen molar-refractivity contribution in [3.63, 3.8) is 0 Å². The zero-order chi connectivity index (χ0) is 20.7. The van der Waals surface area contributed by atoms with Crippen molar-refractivity contribution in [1.82, 2.24) is 0 Å². The summed E-state index contributed by atoms with van der Waals surface area (Å²) in [4.78, 5) is 0. The lowest BCUT2D eigenvalue weighted by molar-refractivity contribution is -0.188. The third-order valence-corrected chi connectivity index (χ3v) is 7.28. The molecule has 3 atom stereocenters. The van der Waals surface area contributed by atoms with Gasteiger partial charge in [-0.2, -0.15) is 0 Å². The molecule has 3 nitrogen and oxygen atoms in total. The van der Waals surface area contributed by atoms with Crippen LogP contribution in [0.5, 0.6) is 5.75 Å². The van der Waals surface area contributed by atoms with Gasteiger partial charge in [0.2, 0.25) is 6.29 Å². The summed E-state index contributed by atoms with van der Waals surface area (Å²) < 4.78 is 18.9. The van der Waals surface area contributed by atoms with E-state index in [0.717, 1.165) is 25.2 Å². The summed E-state index contributed by atoms with van der Waals surface area (Å²) in [6.45, 7) is 10.7. The molecular weight excluding hydrogens is 360 g/mol. The predicted octanol–water partition coefficient (Wildman–Crippen LogP) is 7.10. The van der Waals surface area contributed by atoms with Gasteiger partial charge < -0.3 is 14.2 Å². The molecule has 0 radical (unpaired) electrons. The molecule has 0 amide bonds. The van der Waals surface area contributed by atoms with Crippen LogP contribution in [0.3, 0.4) is 0 Å². The van der Waals surface area contributed by atoms with Crippen LogP contribution in [-0.2, 0) is 9.47 Å². The van der Waals surface area contributed by atoms with Crippen molar-refractivity contribution in [1.29, 1.82) is 0 Å². The Bertz CT molecular complexity index is 582. The van der Waals surface area contributed by atoms with Gasteiger partial charge in [-0.25, -0.2) is 0 Å². The summed E-state index contributed by atoms with van der Waals surface area (Å²) >= 11 is 0. The van der Waals surface area contributed by atoms with Gasteiger partial charge >= 0.3 is 0 Å². The van der Waals surface area contributed by atoms with Crippen LogP contribution in [0.25, 0.3) is 0 Å². The van der Waals surface area contributed by atoms with E-state index in [-0.39, 0.29) is 17.8 Å². The molecule has 3 unspecified atom stereocenters. The number of ether oxygens (including phenoxy) is 3. The number of hydrogen-bond donors (Lipinski definition) is 0. The molecule has 2 aliphatic rings. The zero-order valence-electron chi connectivity index (χ0n) is 19.1. The second-order valence-electron chi connectivity index (χ2n) is 9.81. The first-order valence-corrected chi connectivity index (χ1v) is 12.0. The van der Waals surface area contributed by atoms with E-state index in [2.05, 4.69) is 52.0 Å². The van der Waals surface area contributed by atoms with Gasteiger partial charge in [-0.05, 0) is 68.1 Å². The Labute approximate surface area is 178 Å². The zero-order valence-corrected chi connectivity index (χ0v) is 19.1. The van der Waals surface area contributed by atoms with Crippen molar-refractivity contribution in [3.8, 4) is 5.75 Å². The molecule has 1 aromatic carbocycles.